The van der Waals surface area contributed by atoms with Gasteiger partial charge in [-0.15, -0.1) is 0 Å². The highest BCUT2D eigenvalue weighted by Crippen LogP contribution is 2.25. The molecule has 0 aliphatic rings. The molecule has 5 nitrogen and oxygen atoms in total. The Morgan fingerprint density at radius 1 is 1.12 bits per heavy atom. The number of aliphatic hydroxyl groups excluding tert-OH is 1. The van der Waals surface area contributed by atoms with E-state index in [2.05, 4.69) is 46.7 Å². The fraction of sp³-hybridized carbons (Fsp3) is 0.250. The summed E-state index contributed by atoms with van der Waals surface area (Å²) >= 11 is 0. The molecule has 0 spiro atoms. The number of ether oxygens (including phenoxy) is 1. The molecule has 3 rings (SSSR count). The monoisotopic (exact) mass is 337 g/mol. The first-order valence-corrected chi connectivity index (χ1v) is 8.41. The number of aromatic nitrogens is 2. The van der Waals surface area contributed by atoms with Crippen molar-refractivity contribution in [1.29, 1.82) is 0 Å². The number of aliphatic hydroxyl groups is 1. The van der Waals surface area contributed by atoms with Crippen molar-refractivity contribution < 1.29 is 9.84 Å². The Hall–Kier alpha value is -2.79. The summed E-state index contributed by atoms with van der Waals surface area (Å²) in [6.07, 6.45) is 1.84. The fourth-order valence-electron chi connectivity index (χ4n) is 2.72. The summed E-state index contributed by atoms with van der Waals surface area (Å²) in [6, 6.07) is 14.1. The molecule has 130 valence electrons. The largest absolute Gasteiger partial charge is 0.494 e. The van der Waals surface area contributed by atoms with E-state index < -0.39 is 0 Å². The molecular weight excluding hydrogens is 314 g/mol. The Labute approximate surface area is 147 Å². The number of nitrogens with one attached hydrogen (secondary N) is 2. The maximum absolute atomic E-state index is 9.51. The zero-order valence-corrected chi connectivity index (χ0v) is 14.5. The van der Waals surface area contributed by atoms with Crippen LogP contribution in [-0.2, 0) is 13.2 Å². The van der Waals surface area contributed by atoms with Gasteiger partial charge in [-0.3, -0.25) is 5.10 Å². The second-order valence-electron chi connectivity index (χ2n) is 5.90. The summed E-state index contributed by atoms with van der Waals surface area (Å²) in [6.45, 7) is 5.17. The normalized spacial score (nSPS) is 10.7. The number of hydrogen-bond donors (Lipinski definition) is 3. The van der Waals surface area contributed by atoms with Crippen molar-refractivity contribution in [3.05, 3.63) is 65.4 Å². The molecule has 0 saturated heterocycles. The van der Waals surface area contributed by atoms with Gasteiger partial charge in [0.15, 0.2) is 0 Å². The Morgan fingerprint density at radius 2 is 1.92 bits per heavy atom. The van der Waals surface area contributed by atoms with E-state index in [1.54, 1.807) is 0 Å². The molecule has 0 amide bonds. The van der Waals surface area contributed by atoms with Crippen molar-refractivity contribution in [2.24, 2.45) is 0 Å². The molecule has 0 fully saturated rings. The molecule has 3 N–H and O–H groups in total. The minimum atomic E-state index is -0.0504. The molecule has 0 bridgehead atoms. The lowest BCUT2D eigenvalue weighted by Crippen LogP contribution is -2.02. The van der Waals surface area contributed by atoms with Crippen LogP contribution in [0, 0.1) is 6.92 Å². The fourth-order valence-corrected chi connectivity index (χ4v) is 2.72. The molecule has 2 aromatic carbocycles. The van der Waals surface area contributed by atoms with Crippen LogP contribution >= 0.6 is 0 Å². The quantitative estimate of drug-likeness (QED) is 0.612. The van der Waals surface area contributed by atoms with Crippen LogP contribution in [0.2, 0.25) is 0 Å². The predicted molar refractivity (Wildman–Crippen MR) is 99.6 cm³/mol. The summed E-state index contributed by atoms with van der Waals surface area (Å²) < 4.78 is 5.52. The number of benzene rings is 2. The molecule has 1 heterocycles. The molecule has 5 heteroatoms. The third-order valence-electron chi connectivity index (χ3n) is 4.07. The maximum Gasteiger partial charge on any atom is 0.124 e. The first-order valence-electron chi connectivity index (χ1n) is 8.41. The van der Waals surface area contributed by atoms with Crippen LogP contribution in [-0.4, -0.2) is 21.9 Å². The number of hydrogen-bond acceptors (Lipinski definition) is 4. The van der Waals surface area contributed by atoms with Gasteiger partial charge in [0.25, 0.3) is 0 Å². The van der Waals surface area contributed by atoms with E-state index >= 15 is 0 Å². The van der Waals surface area contributed by atoms with Gasteiger partial charge in [0.2, 0.25) is 0 Å². The van der Waals surface area contributed by atoms with Crippen molar-refractivity contribution in [2.75, 3.05) is 11.9 Å². The molecule has 0 atom stereocenters. The number of nitrogens with zero attached hydrogens (tertiary/aromatic N) is 1. The van der Waals surface area contributed by atoms with Crippen molar-refractivity contribution in [3.8, 4) is 17.0 Å². The molecule has 0 aliphatic heterocycles. The lowest BCUT2D eigenvalue weighted by atomic mass is 10.1. The first kappa shape index (κ1) is 17.0. The van der Waals surface area contributed by atoms with E-state index in [1.165, 1.54) is 5.56 Å². The Morgan fingerprint density at radius 3 is 2.64 bits per heavy atom. The first-order chi connectivity index (χ1) is 12.2. The number of rotatable bonds is 7. The minimum absolute atomic E-state index is 0.0504. The van der Waals surface area contributed by atoms with Gasteiger partial charge in [-0.05, 0) is 37.6 Å². The van der Waals surface area contributed by atoms with Crippen LogP contribution in [0.25, 0.3) is 11.3 Å². The molecule has 25 heavy (non-hydrogen) atoms. The number of aryl methyl sites for hydroxylation is 1. The summed E-state index contributed by atoms with van der Waals surface area (Å²) in [4.78, 5) is 0. The highest BCUT2D eigenvalue weighted by Gasteiger charge is 2.09. The molecule has 3 aromatic rings. The van der Waals surface area contributed by atoms with Gasteiger partial charge in [-0.25, -0.2) is 0 Å². The summed E-state index contributed by atoms with van der Waals surface area (Å²) in [5.74, 6) is 0.721. The zero-order valence-electron chi connectivity index (χ0n) is 14.5. The van der Waals surface area contributed by atoms with Crippen molar-refractivity contribution in [3.63, 3.8) is 0 Å². The Balaban J connectivity index is 1.74. The Bertz CT molecular complexity index is 825. The van der Waals surface area contributed by atoms with E-state index in [4.69, 9.17) is 4.74 Å². The maximum atomic E-state index is 9.51. The van der Waals surface area contributed by atoms with Gasteiger partial charge >= 0.3 is 0 Å². The SMILES string of the molecule is CCOc1ccc(NCc2cn[nH]c2-c2ccc(C)cc2)cc1CO. The van der Waals surface area contributed by atoms with Crippen molar-refractivity contribution in [1.82, 2.24) is 10.2 Å². The smallest absolute Gasteiger partial charge is 0.124 e. The van der Waals surface area contributed by atoms with Gasteiger partial charge in [0.1, 0.15) is 5.75 Å². The highest BCUT2D eigenvalue weighted by molar-refractivity contribution is 5.63. The van der Waals surface area contributed by atoms with Gasteiger partial charge in [-0.2, -0.15) is 5.10 Å². The molecular formula is C20H23N3O2. The van der Waals surface area contributed by atoms with Crippen molar-refractivity contribution in [2.45, 2.75) is 27.0 Å². The predicted octanol–water partition coefficient (Wildman–Crippen LogP) is 3.89. The van der Waals surface area contributed by atoms with Crippen molar-refractivity contribution >= 4 is 5.69 Å². The third kappa shape index (κ3) is 4.00. The van der Waals surface area contributed by atoms with E-state index in [-0.39, 0.29) is 6.61 Å². The molecule has 0 unspecified atom stereocenters. The van der Waals surface area contributed by atoms with Crippen LogP contribution in [0.3, 0.4) is 0 Å². The number of H-pyrrole nitrogens is 1. The minimum Gasteiger partial charge on any atom is -0.494 e. The van der Waals surface area contributed by atoms with Crippen LogP contribution in [0.15, 0.2) is 48.7 Å². The lowest BCUT2D eigenvalue weighted by Gasteiger charge is -2.12. The average Bonchev–Trinajstić information content (AvgIpc) is 3.10. The van der Waals surface area contributed by atoms with Gasteiger partial charge < -0.3 is 15.2 Å². The highest BCUT2D eigenvalue weighted by atomic mass is 16.5. The Kier molecular flexibility index (Phi) is 5.36. The third-order valence-corrected chi connectivity index (χ3v) is 4.07. The van der Waals surface area contributed by atoms with E-state index in [1.807, 2.05) is 31.3 Å². The van der Waals surface area contributed by atoms with Crippen LogP contribution < -0.4 is 10.1 Å². The van der Waals surface area contributed by atoms with Gasteiger partial charge in [-0.1, -0.05) is 29.8 Å². The topological polar surface area (TPSA) is 70.2 Å². The summed E-state index contributed by atoms with van der Waals surface area (Å²) in [5.41, 5.74) is 6.15. The molecule has 1 aromatic heterocycles. The zero-order chi connectivity index (χ0) is 17.6. The summed E-state index contributed by atoms with van der Waals surface area (Å²) in [7, 11) is 0. The van der Waals surface area contributed by atoms with Crippen LogP contribution in [0.1, 0.15) is 23.6 Å². The standard InChI is InChI=1S/C20H23N3O2/c1-3-25-19-9-8-18(10-16(19)13-24)21-11-17-12-22-23-20(17)15-6-4-14(2)5-7-15/h4-10,12,21,24H,3,11,13H2,1-2H3,(H,22,23). The second kappa shape index (κ2) is 7.85. The molecule has 0 saturated carbocycles. The second-order valence-corrected chi connectivity index (χ2v) is 5.90. The number of aromatic amines is 1. The number of anilines is 1. The van der Waals surface area contributed by atoms with E-state index in [0.29, 0.717) is 13.2 Å². The summed E-state index contributed by atoms with van der Waals surface area (Å²) in [5, 5.41) is 20.2. The molecule has 0 aliphatic carbocycles. The van der Waals surface area contributed by atoms with Gasteiger partial charge in [0, 0.05) is 23.4 Å². The van der Waals surface area contributed by atoms with Crippen LogP contribution in [0.5, 0.6) is 5.75 Å². The van der Waals surface area contributed by atoms with E-state index in [9.17, 15) is 5.11 Å². The average molecular weight is 337 g/mol. The van der Waals surface area contributed by atoms with Gasteiger partial charge in [0.05, 0.1) is 25.1 Å². The van der Waals surface area contributed by atoms with Crippen LogP contribution in [0.4, 0.5) is 5.69 Å². The van der Waals surface area contributed by atoms with E-state index in [0.717, 1.165) is 33.8 Å². The molecule has 0 radical (unpaired) electrons. The lowest BCUT2D eigenvalue weighted by molar-refractivity contribution is 0.267.